The molecule has 0 N–H and O–H groups in total. The van der Waals surface area contributed by atoms with E-state index >= 15 is 0 Å². The molecule has 1 atom stereocenters. The normalized spacial score (nSPS) is 21.3. The molecule has 2 heterocycles. The highest BCUT2D eigenvalue weighted by Crippen LogP contribution is 2.33. The van der Waals surface area contributed by atoms with Crippen LogP contribution < -0.4 is 0 Å². The third-order valence-electron chi connectivity index (χ3n) is 5.67. The van der Waals surface area contributed by atoms with Gasteiger partial charge in [-0.2, -0.15) is 5.26 Å². The molecule has 2 fully saturated rings. The third kappa shape index (κ3) is 4.53. The molecule has 0 saturated carbocycles. The van der Waals surface area contributed by atoms with Gasteiger partial charge in [0, 0.05) is 42.0 Å². The Hall–Kier alpha value is -2.34. The van der Waals surface area contributed by atoms with Crippen LogP contribution in [0.5, 0.6) is 0 Å². The topological polar surface area (TPSA) is 81.5 Å². The van der Waals surface area contributed by atoms with E-state index in [1.165, 1.54) is 11.8 Å². The fraction of sp³-hybridized carbons (Fsp3) is 0.364. The lowest BCUT2D eigenvalue weighted by Gasteiger charge is -2.37. The van der Waals surface area contributed by atoms with Crippen LogP contribution in [0.25, 0.3) is 0 Å². The van der Waals surface area contributed by atoms with E-state index in [-0.39, 0.29) is 23.5 Å². The summed E-state index contributed by atoms with van der Waals surface area (Å²) in [6.45, 7) is 2.56. The Morgan fingerprint density at radius 1 is 1.00 bits per heavy atom. The van der Waals surface area contributed by atoms with E-state index in [4.69, 9.17) is 0 Å². The van der Waals surface area contributed by atoms with Crippen LogP contribution in [0.15, 0.2) is 58.3 Å². The first-order chi connectivity index (χ1) is 14.5. The summed E-state index contributed by atoms with van der Waals surface area (Å²) in [6.07, 6.45) is 0.689. The van der Waals surface area contributed by atoms with Crippen molar-refractivity contribution in [2.24, 2.45) is 0 Å². The molecule has 156 valence electrons. The predicted octanol–water partition coefficient (Wildman–Crippen LogP) is 2.65. The fourth-order valence-corrected chi connectivity index (χ4v) is 6.80. The van der Waals surface area contributed by atoms with Crippen molar-refractivity contribution in [1.29, 1.82) is 5.26 Å². The van der Waals surface area contributed by atoms with Crippen LogP contribution >= 0.6 is 11.8 Å². The van der Waals surface area contributed by atoms with Crippen LogP contribution in [0.3, 0.4) is 0 Å². The lowest BCUT2D eigenvalue weighted by Crippen LogP contribution is -2.52. The second-order valence-electron chi connectivity index (χ2n) is 7.59. The van der Waals surface area contributed by atoms with Crippen LogP contribution in [0.2, 0.25) is 0 Å². The number of rotatable bonds is 4. The maximum atomic E-state index is 13.2. The van der Waals surface area contributed by atoms with Gasteiger partial charge in [0.2, 0.25) is 0 Å². The van der Waals surface area contributed by atoms with E-state index < -0.39 is 9.84 Å². The molecule has 0 aromatic heterocycles. The second kappa shape index (κ2) is 8.80. The van der Waals surface area contributed by atoms with E-state index in [1.807, 2.05) is 47.4 Å². The third-order valence-corrected chi connectivity index (χ3v) is 8.57. The van der Waals surface area contributed by atoms with Crippen LogP contribution in [-0.4, -0.2) is 67.9 Å². The molecule has 2 aromatic rings. The summed E-state index contributed by atoms with van der Waals surface area (Å²) in [6, 6.07) is 17.1. The Bertz CT molecular complexity index is 1090. The smallest absolute Gasteiger partial charge is 0.255 e. The van der Waals surface area contributed by atoms with Gasteiger partial charge in [-0.3, -0.25) is 9.69 Å². The van der Waals surface area contributed by atoms with Gasteiger partial charge < -0.3 is 4.90 Å². The van der Waals surface area contributed by atoms with Crippen molar-refractivity contribution in [2.75, 3.05) is 37.7 Å². The number of nitrogens with zero attached hydrogens (tertiary/aromatic N) is 3. The standard InChI is InChI=1S/C22H23N3O3S2/c23-15-17-5-1-3-7-20(17)29-21-8-4-2-6-19(21)22(26)25-12-10-24(11-13-25)18-9-14-30(27,28)16-18/h1-8,18H,9-14,16H2. The Morgan fingerprint density at radius 2 is 1.67 bits per heavy atom. The molecule has 0 bridgehead atoms. The molecule has 8 heteroatoms. The molecule has 4 rings (SSSR count). The lowest BCUT2D eigenvalue weighted by molar-refractivity contribution is 0.0584. The molecular formula is C22H23N3O3S2. The molecule has 6 nitrogen and oxygen atoms in total. The molecule has 2 aliphatic heterocycles. The summed E-state index contributed by atoms with van der Waals surface area (Å²) < 4.78 is 23.5. The molecular weight excluding hydrogens is 418 g/mol. The van der Waals surface area contributed by atoms with E-state index in [2.05, 4.69) is 11.0 Å². The number of carbonyl (C=O) groups excluding carboxylic acids is 1. The Balaban J connectivity index is 1.45. The summed E-state index contributed by atoms with van der Waals surface area (Å²) in [5.41, 5.74) is 1.22. The summed E-state index contributed by atoms with van der Waals surface area (Å²) in [7, 11) is -2.91. The summed E-state index contributed by atoms with van der Waals surface area (Å²) in [5.74, 6) is 0.482. The number of hydrogen-bond donors (Lipinski definition) is 0. The molecule has 2 aliphatic rings. The molecule has 0 spiro atoms. The predicted molar refractivity (Wildman–Crippen MR) is 116 cm³/mol. The highest BCUT2D eigenvalue weighted by molar-refractivity contribution is 7.99. The van der Waals surface area contributed by atoms with Crippen molar-refractivity contribution < 1.29 is 13.2 Å². The maximum absolute atomic E-state index is 13.2. The van der Waals surface area contributed by atoms with Gasteiger partial charge in [0.25, 0.3) is 5.91 Å². The largest absolute Gasteiger partial charge is 0.336 e. The van der Waals surface area contributed by atoms with Crippen LogP contribution in [0.4, 0.5) is 0 Å². The van der Waals surface area contributed by atoms with Gasteiger partial charge in [-0.05, 0) is 30.7 Å². The van der Waals surface area contributed by atoms with Crippen molar-refractivity contribution in [2.45, 2.75) is 22.3 Å². The molecule has 2 aromatic carbocycles. The van der Waals surface area contributed by atoms with Crippen LogP contribution in [0, 0.1) is 11.3 Å². The van der Waals surface area contributed by atoms with Gasteiger partial charge in [-0.25, -0.2) is 8.42 Å². The molecule has 30 heavy (non-hydrogen) atoms. The zero-order chi connectivity index (χ0) is 21.1. The number of benzene rings is 2. The first kappa shape index (κ1) is 20.9. The minimum absolute atomic E-state index is 0.0220. The van der Waals surface area contributed by atoms with Gasteiger partial charge in [0.1, 0.15) is 6.07 Å². The number of sulfone groups is 1. The average molecular weight is 442 g/mol. The number of nitriles is 1. The molecule has 0 radical (unpaired) electrons. The lowest BCUT2D eigenvalue weighted by atomic mass is 10.1. The number of piperazine rings is 1. The number of amides is 1. The quantitative estimate of drug-likeness (QED) is 0.726. The van der Waals surface area contributed by atoms with Crippen molar-refractivity contribution in [3.8, 4) is 6.07 Å². The second-order valence-corrected chi connectivity index (χ2v) is 10.9. The minimum Gasteiger partial charge on any atom is -0.336 e. The monoisotopic (exact) mass is 441 g/mol. The molecule has 0 aliphatic carbocycles. The highest BCUT2D eigenvalue weighted by Gasteiger charge is 2.34. The van der Waals surface area contributed by atoms with Gasteiger partial charge in [0.15, 0.2) is 9.84 Å². The SMILES string of the molecule is N#Cc1ccccc1Sc1ccccc1C(=O)N1CCN(C2CCS(=O)(=O)C2)CC1. The Labute approximate surface area is 181 Å². The Kier molecular flexibility index (Phi) is 6.14. The van der Waals surface area contributed by atoms with Gasteiger partial charge in [0.05, 0.1) is 22.6 Å². The van der Waals surface area contributed by atoms with Crippen molar-refractivity contribution >= 4 is 27.5 Å². The van der Waals surface area contributed by atoms with Crippen molar-refractivity contribution in [3.63, 3.8) is 0 Å². The first-order valence-corrected chi connectivity index (χ1v) is 12.6. The van der Waals surface area contributed by atoms with E-state index in [0.29, 0.717) is 43.7 Å². The van der Waals surface area contributed by atoms with Crippen LogP contribution in [-0.2, 0) is 9.84 Å². The fourth-order valence-electron chi connectivity index (χ4n) is 4.02. The molecule has 1 unspecified atom stereocenters. The van der Waals surface area contributed by atoms with Crippen LogP contribution in [0.1, 0.15) is 22.3 Å². The molecule has 2 saturated heterocycles. The molecule has 1 amide bonds. The summed E-state index contributed by atoms with van der Waals surface area (Å²) in [4.78, 5) is 18.9. The van der Waals surface area contributed by atoms with Gasteiger partial charge >= 0.3 is 0 Å². The van der Waals surface area contributed by atoms with E-state index in [1.54, 1.807) is 6.07 Å². The number of hydrogen-bond acceptors (Lipinski definition) is 6. The first-order valence-electron chi connectivity index (χ1n) is 9.96. The number of carbonyl (C=O) groups is 1. The van der Waals surface area contributed by atoms with Gasteiger partial charge in [-0.1, -0.05) is 36.0 Å². The van der Waals surface area contributed by atoms with Crippen molar-refractivity contribution in [1.82, 2.24) is 9.80 Å². The van der Waals surface area contributed by atoms with E-state index in [9.17, 15) is 18.5 Å². The van der Waals surface area contributed by atoms with Crippen molar-refractivity contribution in [3.05, 3.63) is 59.7 Å². The zero-order valence-corrected chi connectivity index (χ0v) is 18.2. The highest BCUT2D eigenvalue weighted by atomic mass is 32.2. The summed E-state index contributed by atoms with van der Waals surface area (Å²) in [5, 5.41) is 9.35. The average Bonchev–Trinajstić information content (AvgIpc) is 3.14. The minimum atomic E-state index is -2.91. The zero-order valence-electron chi connectivity index (χ0n) is 16.5. The summed E-state index contributed by atoms with van der Waals surface area (Å²) >= 11 is 1.43. The maximum Gasteiger partial charge on any atom is 0.255 e. The van der Waals surface area contributed by atoms with Gasteiger partial charge in [-0.15, -0.1) is 0 Å². The van der Waals surface area contributed by atoms with E-state index in [0.717, 1.165) is 9.79 Å². The Morgan fingerprint density at radius 3 is 2.33 bits per heavy atom.